The molecule has 0 spiro atoms. The quantitative estimate of drug-likeness (QED) is 0.299. The molecular weight excluding hydrogens is 394 g/mol. The molecule has 1 amide bonds. The number of amides is 1. The van der Waals surface area contributed by atoms with Gasteiger partial charge in [0, 0.05) is 25.8 Å². The number of Topliss-reactive ketones (excluding diaryl/α,β-unsaturated/α-hetero) is 1. The number of hydrogen-bond donors (Lipinski definition) is 1. The smallest absolute Gasteiger partial charge is 0.295 e. The van der Waals surface area contributed by atoms with E-state index in [1.807, 2.05) is 57.2 Å². The van der Waals surface area contributed by atoms with Crippen molar-refractivity contribution in [2.75, 3.05) is 26.9 Å². The molecule has 164 valence electrons. The van der Waals surface area contributed by atoms with Crippen molar-refractivity contribution in [2.45, 2.75) is 33.2 Å². The number of likely N-dealkylation sites (tertiary alicyclic amines) is 1. The monoisotopic (exact) mass is 423 g/mol. The molecule has 6 heteroatoms. The third-order valence-corrected chi connectivity index (χ3v) is 5.55. The predicted molar refractivity (Wildman–Crippen MR) is 119 cm³/mol. The van der Waals surface area contributed by atoms with E-state index in [-0.39, 0.29) is 11.3 Å². The Morgan fingerprint density at radius 1 is 1.10 bits per heavy atom. The maximum Gasteiger partial charge on any atom is 0.295 e. The minimum absolute atomic E-state index is 0.0966. The topological polar surface area (TPSA) is 76.1 Å². The molecule has 1 saturated heterocycles. The van der Waals surface area contributed by atoms with Gasteiger partial charge in [0.05, 0.1) is 18.2 Å². The molecule has 1 heterocycles. The van der Waals surface area contributed by atoms with Crippen LogP contribution in [-0.4, -0.2) is 48.6 Å². The van der Waals surface area contributed by atoms with Crippen molar-refractivity contribution >= 4 is 17.4 Å². The Kier molecular flexibility index (Phi) is 7.13. The fraction of sp³-hybridized carbons (Fsp3) is 0.360. The van der Waals surface area contributed by atoms with Gasteiger partial charge in [-0.05, 0) is 62.1 Å². The first-order valence-electron chi connectivity index (χ1n) is 10.5. The van der Waals surface area contributed by atoms with E-state index in [1.165, 1.54) is 4.90 Å². The minimum atomic E-state index is -0.695. The van der Waals surface area contributed by atoms with Gasteiger partial charge in [-0.2, -0.15) is 0 Å². The largest absolute Gasteiger partial charge is 0.507 e. The van der Waals surface area contributed by atoms with Crippen LogP contribution >= 0.6 is 0 Å². The highest BCUT2D eigenvalue weighted by Crippen LogP contribution is 2.40. The zero-order valence-corrected chi connectivity index (χ0v) is 18.5. The van der Waals surface area contributed by atoms with Crippen LogP contribution in [0.1, 0.15) is 41.6 Å². The average molecular weight is 424 g/mol. The van der Waals surface area contributed by atoms with Gasteiger partial charge in [0.15, 0.2) is 0 Å². The summed E-state index contributed by atoms with van der Waals surface area (Å²) in [5.74, 6) is -0.815. The van der Waals surface area contributed by atoms with Crippen molar-refractivity contribution in [1.82, 2.24) is 4.90 Å². The minimum Gasteiger partial charge on any atom is -0.507 e. The lowest BCUT2D eigenvalue weighted by atomic mass is 9.94. The van der Waals surface area contributed by atoms with E-state index in [1.54, 1.807) is 13.2 Å². The summed E-state index contributed by atoms with van der Waals surface area (Å²) in [6, 6.07) is 12.1. The van der Waals surface area contributed by atoms with E-state index in [0.717, 1.165) is 11.1 Å². The molecule has 2 aromatic carbocycles. The molecule has 1 aliphatic rings. The molecule has 1 atom stereocenters. The van der Waals surface area contributed by atoms with Gasteiger partial charge in [0.2, 0.25) is 0 Å². The molecule has 0 bridgehead atoms. The molecule has 1 unspecified atom stereocenters. The number of aliphatic hydroxyl groups is 1. The number of nitrogens with zero attached hydrogens (tertiary/aromatic N) is 1. The second kappa shape index (κ2) is 9.79. The first-order chi connectivity index (χ1) is 14.9. The molecule has 0 saturated carbocycles. The highest BCUT2D eigenvalue weighted by Gasteiger charge is 2.45. The number of hydrogen-bond acceptors (Lipinski definition) is 5. The molecule has 1 N–H and O–H groups in total. The number of aliphatic hydroxyl groups excluding tert-OH is 1. The van der Waals surface area contributed by atoms with E-state index < -0.39 is 17.7 Å². The van der Waals surface area contributed by atoms with Gasteiger partial charge >= 0.3 is 0 Å². The number of ketones is 1. The van der Waals surface area contributed by atoms with Crippen LogP contribution in [0.3, 0.4) is 0 Å². The standard InChI is InChI=1S/C25H29NO5/c1-5-31-20-9-6-8-18(15-20)22-21(23(27)19-11-10-16(2)17(3)14-19)24(28)25(29)26(22)12-7-13-30-4/h6,8-11,14-15,22,27H,5,7,12-13H2,1-4H3/b23-21-. The van der Waals surface area contributed by atoms with E-state index in [4.69, 9.17) is 9.47 Å². The molecule has 3 rings (SSSR count). The van der Waals surface area contributed by atoms with Crippen molar-refractivity contribution in [2.24, 2.45) is 0 Å². The van der Waals surface area contributed by atoms with Crippen molar-refractivity contribution in [3.05, 3.63) is 70.3 Å². The van der Waals surface area contributed by atoms with Crippen molar-refractivity contribution in [1.29, 1.82) is 0 Å². The number of methoxy groups -OCH3 is 1. The Bertz CT molecular complexity index is 1010. The average Bonchev–Trinajstić information content (AvgIpc) is 3.01. The second-order valence-electron chi connectivity index (χ2n) is 7.64. The van der Waals surface area contributed by atoms with Gasteiger partial charge in [-0.3, -0.25) is 9.59 Å². The van der Waals surface area contributed by atoms with Crippen LogP contribution in [0.4, 0.5) is 0 Å². The highest BCUT2D eigenvalue weighted by atomic mass is 16.5. The summed E-state index contributed by atoms with van der Waals surface area (Å²) >= 11 is 0. The van der Waals surface area contributed by atoms with Crippen molar-refractivity contribution in [3.63, 3.8) is 0 Å². The Hall–Kier alpha value is -3.12. The zero-order valence-electron chi connectivity index (χ0n) is 18.5. The lowest BCUT2D eigenvalue weighted by Crippen LogP contribution is -2.31. The van der Waals surface area contributed by atoms with Gasteiger partial charge < -0.3 is 19.5 Å². The molecular formula is C25H29NO5. The van der Waals surface area contributed by atoms with Crippen LogP contribution in [0, 0.1) is 13.8 Å². The number of carbonyl (C=O) groups is 2. The van der Waals surface area contributed by atoms with Crippen LogP contribution in [0.15, 0.2) is 48.0 Å². The molecule has 0 radical (unpaired) electrons. The number of benzene rings is 2. The number of aryl methyl sites for hydroxylation is 2. The summed E-state index contributed by atoms with van der Waals surface area (Å²) < 4.78 is 10.7. The molecule has 0 aromatic heterocycles. The summed E-state index contributed by atoms with van der Waals surface area (Å²) in [5, 5.41) is 11.1. The maximum atomic E-state index is 13.0. The summed E-state index contributed by atoms with van der Waals surface area (Å²) in [4.78, 5) is 27.5. The maximum absolute atomic E-state index is 13.0. The van der Waals surface area contributed by atoms with E-state index in [2.05, 4.69) is 0 Å². The van der Waals surface area contributed by atoms with Gasteiger partial charge in [-0.25, -0.2) is 0 Å². The SMILES string of the molecule is CCOc1cccc(C2/C(=C(/O)c3ccc(C)c(C)c3)C(=O)C(=O)N2CCCOC)c1. The first kappa shape index (κ1) is 22.6. The molecule has 0 aliphatic carbocycles. The fourth-order valence-corrected chi connectivity index (χ4v) is 3.82. The molecule has 2 aromatic rings. The Balaban J connectivity index is 2.14. The third-order valence-electron chi connectivity index (χ3n) is 5.55. The summed E-state index contributed by atoms with van der Waals surface area (Å²) in [5.41, 5.74) is 3.40. The summed E-state index contributed by atoms with van der Waals surface area (Å²) in [6.07, 6.45) is 0.578. The molecule has 6 nitrogen and oxygen atoms in total. The summed E-state index contributed by atoms with van der Waals surface area (Å²) in [7, 11) is 1.59. The fourth-order valence-electron chi connectivity index (χ4n) is 3.82. The Labute approximate surface area is 183 Å². The van der Waals surface area contributed by atoms with Crippen LogP contribution in [0.2, 0.25) is 0 Å². The number of ether oxygens (including phenoxy) is 2. The third kappa shape index (κ3) is 4.64. The lowest BCUT2D eigenvalue weighted by molar-refractivity contribution is -0.140. The first-order valence-corrected chi connectivity index (χ1v) is 10.5. The summed E-state index contributed by atoms with van der Waals surface area (Å²) in [6.45, 7) is 7.12. The molecule has 1 fully saturated rings. The molecule has 1 aliphatic heterocycles. The van der Waals surface area contributed by atoms with Gasteiger partial charge in [-0.1, -0.05) is 24.3 Å². The highest BCUT2D eigenvalue weighted by molar-refractivity contribution is 6.46. The van der Waals surface area contributed by atoms with Crippen LogP contribution in [-0.2, 0) is 14.3 Å². The zero-order chi connectivity index (χ0) is 22.5. The van der Waals surface area contributed by atoms with Crippen LogP contribution in [0.5, 0.6) is 5.75 Å². The van der Waals surface area contributed by atoms with Crippen molar-refractivity contribution < 1.29 is 24.2 Å². The predicted octanol–water partition coefficient (Wildman–Crippen LogP) is 4.16. The van der Waals surface area contributed by atoms with E-state index in [9.17, 15) is 14.7 Å². The van der Waals surface area contributed by atoms with Crippen molar-refractivity contribution in [3.8, 4) is 5.75 Å². The van der Waals surface area contributed by atoms with Gasteiger partial charge in [0.1, 0.15) is 11.5 Å². The number of carbonyl (C=O) groups excluding carboxylic acids is 2. The Morgan fingerprint density at radius 2 is 1.87 bits per heavy atom. The number of rotatable bonds is 8. The van der Waals surface area contributed by atoms with Gasteiger partial charge in [0.25, 0.3) is 11.7 Å². The molecule has 31 heavy (non-hydrogen) atoms. The Morgan fingerprint density at radius 3 is 2.55 bits per heavy atom. The second-order valence-corrected chi connectivity index (χ2v) is 7.64. The van der Waals surface area contributed by atoms with Gasteiger partial charge in [-0.15, -0.1) is 0 Å². The van der Waals surface area contributed by atoms with E-state index >= 15 is 0 Å². The van der Waals surface area contributed by atoms with E-state index in [0.29, 0.717) is 43.1 Å². The van der Waals surface area contributed by atoms with Crippen LogP contribution < -0.4 is 4.74 Å². The lowest BCUT2D eigenvalue weighted by Gasteiger charge is -2.25. The van der Waals surface area contributed by atoms with Crippen LogP contribution in [0.25, 0.3) is 5.76 Å². The normalized spacial score (nSPS) is 17.9.